The van der Waals surface area contributed by atoms with Crippen molar-refractivity contribution in [1.29, 1.82) is 0 Å². The van der Waals surface area contributed by atoms with E-state index in [9.17, 15) is 18.0 Å². The first-order chi connectivity index (χ1) is 8.97. The molecule has 1 aromatic carbocycles. The zero-order chi connectivity index (χ0) is 14.4. The van der Waals surface area contributed by atoms with E-state index in [1.165, 1.54) is 18.2 Å². The van der Waals surface area contributed by atoms with Crippen LogP contribution in [0.15, 0.2) is 49.3 Å². The van der Waals surface area contributed by atoms with E-state index in [1.807, 2.05) is 5.32 Å². The van der Waals surface area contributed by atoms with Gasteiger partial charge in [0.2, 0.25) is 0 Å². The smallest absolute Gasteiger partial charge is 0.410 e. The minimum absolute atomic E-state index is 0.0931. The molecule has 19 heavy (non-hydrogen) atoms. The molecule has 0 aromatic heterocycles. The van der Waals surface area contributed by atoms with Crippen molar-refractivity contribution in [3.05, 3.63) is 66.7 Å². The van der Waals surface area contributed by atoms with E-state index >= 15 is 0 Å². The van der Waals surface area contributed by atoms with Crippen LogP contribution in [-0.4, -0.2) is 6.09 Å². The predicted molar refractivity (Wildman–Crippen MR) is 64.9 cm³/mol. The number of carbonyl (C=O) groups excluding carboxylic acids is 1. The summed E-state index contributed by atoms with van der Waals surface area (Å²) in [6, 6.07) is 1.26. The van der Waals surface area contributed by atoms with Gasteiger partial charge in [0, 0.05) is 12.1 Å². The van der Waals surface area contributed by atoms with E-state index in [4.69, 9.17) is 4.74 Å². The summed E-state index contributed by atoms with van der Waals surface area (Å²) in [6.07, 6.45) is 2.96. The number of benzene rings is 1. The fourth-order valence-corrected chi connectivity index (χ4v) is 1.14. The van der Waals surface area contributed by atoms with E-state index in [0.29, 0.717) is 12.1 Å². The fourth-order valence-electron chi connectivity index (χ4n) is 1.14. The highest BCUT2D eigenvalue weighted by atomic mass is 19.2. The molecule has 0 bridgehead atoms. The molecule has 1 amide bonds. The Balaban J connectivity index is 2.80. The van der Waals surface area contributed by atoms with Crippen LogP contribution in [-0.2, 0) is 4.74 Å². The molecule has 1 N–H and O–H groups in total. The Bertz CT molecular complexity index is 530. The lowest BCUT2D eigenvalue weighted by molar-refractivity contribution is 0.195. The molecular formula is C13H10F3NO2. The minimum Gasteiger partial charge on any atom is -0.410 e. The maximum atomic E-state index is 12.9. The third-order valence-electron chi connectivity index (χ3n) is 1.92. The summed E-state index contributed by atoms with van der Waals surface area (Å²) in [5, 5.41) is 2.04. The fraction of sp³-hybridized carbons (Fsp3) is 0. The van der Waals surface area contributed by atoms with Gasteiger partial charge in [-0.25, -0.2) is 18.0 Å². The molecule has 0 unspecified atom stereocenters. The number of carbonyl (C=O) groups is 1. The second-order valence-corrected chi connectivity index (χ2v) is 3.28. The number of amides is 1. The summed E-state index contributed by atoms with van der Waals surface area (Å²) in [4.78, 5) is 11.4. The number of ether oxygens (including phenoxy) is 1. The van der Waals surface area contributed by atoms with E-state index in [2.05, 4.69) is 13.2 Å². The molecular weight excluding hydrogens is 259 g/mol. The Morgan fingerprint density at radius 1 is 1.21 bits per heavy atom. The Morgan fingerprint density at radius 2 is 1.79 bits per heavy atom. The summed E-state index contributed by atoms with van der Waals surface area (Å²) < 4.78 is 43.2. The Hall–Kier alpha value is -2.50. The SMILES string of the molecule is C=C/C=C(\C=C)OC(=O)Nc1cc(F)c(F)c(F)c1. The lowest BCUT2D eigenvalue weighted by Crippen LogP contribution is -2.13. The van der Waals surface area contributed by atoms with E-state index in [0.717, 1.165) is 0 Å². The highest BCUT2D eigenvalue weighted by Crippen LogP contribution is 2.17. The van der Waals surface area contributed by atoms with Gasteiger partial charge in [-0.1, -0.05) is 19.2 Å². The third-order valence-corrected chi connectivity index (χ3v) is 1.92. The number of anilines is 1. The molecule has 0 radical (unpaired) electrons. The predicted octanol–water partition coefficient (Wildman–Crippen LogP) is 3.91. The summed E-state index contributed by atoms with van der Waals surface area (Å²) in [5.41, 5.74) is -0.275. The van der Waals surface area contributed by atoms with Crippen molar-refractivity contribution in [2.75, 3.05) is 5.32 Å². The van der Waals surface area contributed by atoms with Crippen molar-refractivity contribution >= 4 is 11.8 Å². The molecule has 6 heteroatoms. The highest BCUT2D eigenvalue weighted by molar-refractivity contribution is 5.85. The van der Waals surface area contributed by atoms with Crippen molar-refractivity contribution in [3.8, 4) is 0 Å². The van der Waals surface area contributed by atoms with Gasteiger partial charge in [-0.3, -0.25) is 5.32 Å². The molecule has 0 atom stereocenters. The van der Waals surface area contributed by atoms with Gasteiger partial charge in [0.15, 0.2) is 17.5 Å². The quantitative estimate of drug-likeness (QED) is 0.511. The Kier molecular flexibility index (Phi) is 4.93. The van der Waals surface area contributed by atoms with Crippen LogP contribution in [0.25, 0.3) is 0 Å². The topological polar surface area (TPSA) is 38.3 Å². The van der Waals surface area contributed by atoms with Crippen molar-refractivity contribution in [2.45, 2.75) is 0 Å². The van der Waals surface area contributed by atoms with E-state index < -0.39 is 23.5 Å². The molecule has 0 aliphatic rings. The molecule has 3 nitrogen and oxygen atoms in total. The van der Waals surface area contributed by atoms with Gasteiger partial charge in [0.25, 0.3) is 0 Å². The van der Waals surface area contributed by atoms with Crippen molar-refractivity contribution < 1.29 is 22.7 Å². The molecule has 0 saturated heterocycles. The van der Waals surface area contributed by atoms with Crippen LogP contribution in [0.2, 0.25) is 0 Å². The summed E-state index contributed by atoms with van der Waals surface area (Å²) in [6.45, 7) is 6.78. The standard InChI is InChI=1S/C13H10F3NO2/c1-3-5-9(4-2)19-13(18)17-8-6-10(14)12(16)11(15)7-8/h3-7H,1-2H2,(H,17,18)/b9-5+. The van der Waals surface area contributed by atoms with Crippen LogP contribution in [0.1, 0.15) is 0 Å². The Morgan fingerprint density at radius 3 is 2.26 bits per heavy atom. The highest BCUT2D eigenvalue weighted by Gasteiger charge is 2.13. The van der Waals surface area contributed by atoms with Crippen molar-refractivity contribution in [1.82, 2.24) is 0 Å². The maximum absolute atomic E-state index is 12.9. The van der Waals surface area contributed by atoms with Crippen LogP contribution < -0.4 is 5.32 Å². The first-order valence-electron chi connectivity index (χ1n) is 5.06. The van der Waals surface area contributed by atoms with Crippen LogP contribution in [0.4, 0.5) is 23.7 Å². The largest absolute Gasteiger partial charge is 0.417 e. The van der Waals surface area contributed by atoms with Crippen LogP contribution in [0.3, 0.4) is 0 Å². The van der Waals surface area contributed by atoms with Gasteiger partial charge in [-0.15, -0.1) is 0 Å². The monoisotopic (exact) mass is 269 g/mol. The molecule has 0 saturated carbocycles. The van der Waals surface area contributed by atoms with Crippen LogP contribution in [0, 0.1) is 17.5 Å². The van der Waals surface area contributed by atoms with Gasteiger partial charge in [0.1, 0.15) is 5.76 Å². The summed E-state index contributed by atoms with van der Waals surface area (Å²) in [5.74, 6) is -4.35. The summed E-state index contributed by atoms with van der Waals surface area (Å²) in [7, 11) is 0. The average molecular weight is 269 g/mol. The van der Waals surface area contributed by atoms with Crippen LogP contribution in [0.5, 0.6) is 0 Å². The number of hydrogen-bond donors (Lipinski definition) is 1. The molecule has 0 aliphatic heterocycles. The van der Waals surface area contributed by atoms with Crippen molar-refractivity contribution in [3.63, 3.8) is 0 Å². The van der Waals surface area contributed by atoms with Gasteiger partial charge < -0.3 is 4.74 Å². The minimum atomic E-state index is -1.61. The Labute approximate surface area is 107 Å². The first kappa shape index (κ1) is 14.6. The number of rotatable bonds is 4. The molecule has 0 heterocycles. The van der Waals surface area contributed by atoms with E-state index in [1.54, 1.807) is 0 Å². The second kappa shape index (κ2) is 6.44. The first-order valence-corrected chi connectivity index (χ1v) is 5.06. The number of halogens is 3. The van der Waals surface area contributed by atoms with Crippen molar-refractivity contribution in [2.24, 2.45) is 0 Å². The summed E-state index contributed by atoms with van der Waals surface area (Å²) >= 11 is 0. The van der Waals surface area contributed by atoms with Gasteiger partial charge >= 0.3 is 6.09 Å². The lowest BCUT2D eigenvalue weighted by atomic mass is 10.3. The zero-order valence-corrected chi connectivity index (χ0v) is 9.75. The second-order valence-electron chi connectivity index (χ2n) is 3.28. The average Bonchev–Trinajstić information content (AvgIpc) is 2.35. The van der Waals surface area contributed by atoms with Gasteiger partial charge in [0.05, 0.1) is 5.69 Å². The molecule has 0 fully saturated rings. The number of nitrogens with one attached hydrogen (secondary N) is 1. The van der Waals surface area contributed by atoms with Gasteiger partial charge in [-0.2, -0.15) is 0 Å². The third kappa shape index (κ3) is 4.02. The molecule has 1 aromatic rings. The van der Waals surface area contributed by atoms with E-state index in [-0.39, 0.29) is 11.4 Å². The van der Waals surface area contributed by atoms with Gasteiger partial charge in [-0.05, 0) is 12.2 Å². The maximum Gasteiger partial charge on any atom is 0.417 e. The van der Waals surface area contributed by atoms with Crippen LogP contribution >= 0.6 is 0 Å². The lowest BCUT2D eigenvalue weighted by Gasteiger charge is -2.07. The number of hydrogen-bond acceptors (Lipinski definition) is 2. The molecule has 1 rings (SSSR count). The zero-order valence-electron chi connectivity index (χ0n) is 9.75. The number of allylic oxidation sites excluding steroid dienone is 3. The normalized spacial score (nSPS) is 10.8. The molecule has 0 spiro atoms. The molecule has 0 aliphatic carbocycles. The molecule has 100 valence electrons.